The normalized spacial score (nSPS) is 10.3. The van der Waals surface area contributed by atoms with Crippen LogP contribution in [0.25, 0.3) is 0 Å². The number of aryl methyl sites for hydroxylation is 1. The van der Waals surface area contributed by atoms with Crippen molar-refractivity contribution in [2.45, 2.75) is 18.4 Å². The molecule has 18 heavy (non-hydrogen) atoms. The van der Waals surface area contributed by atoms with Crippen LogP contribution in [0.15, 0.2) is 53.7 Å². The molecule has 0 N–H and O–H groups in total. The Morgan fingerprint density at radius 2 is 1.94 bits per heavy atom. The van der Waals surface area contributed by atoms with Crippen LogP contribution in [0.5, 0.6) is 5.75 Å². The lowest BCUT2D eigenvalue weighted by Crippen LogP contribution is -1.98. The van der Waals surface area contributed by atoms with Gasteiger partial charge in [-0.3, -0.25) is 0 Å². The molecule has 0 saturated carbocycles. The van der Waals surface area contributed by atoms with E-state index in [1.165, 1.54) is 5.56 Å². The quantitative estimate of drug-likeness (QED) is 0.579. The van der Waals surface area contributed by atoms with E-state index >= 15 is 0 Å². The van der Waals surface area contributed by atoms with E-state index in [1.54, 1.807) is 11.8 Å². The molecule has 94 valence electrons. The van der Waals surface area contributed by atoms with Gasteiger partial charge < -0.3 is 4.74 Å². The highest BCUT2D eigenvalue weighted by atomic mass is 32.2. The van der Waals surface area contributed by atoms with E-state index in [1.807, 2.05) is 36.5 Å². The number of hydrogen-bond donors (Lipinski definition) is 0. The summed E-state index contributed by atoms with van der Waals surface area (Å²) in [5, 5.41) is 1.08. The summed E-state index contributed by atoms with van der Waals surface area (Å²) in [4.78, 5) is 4.36. The highest BCUT2D eigenvalue weighted by molar-refractivity contribution is 7.99. The predicted molar refractivity (Wildman–Crippen MR) is 76.3 cm³/mol. The molecule has 0 unspecified atom stereocenters. The summed E-state index contributed by atoms with van der Waals surface area (Å²) in [6.07, 6.45) is 2.93. The van der Waals surface area contributed by atoms with E-state index in [0.717, 1.165) is 29.6 Å². The number of aromatic nitrogens is 1. The van der Waals surface area contributed by atoms with Crippen LogP contribution in [-0.4, -0.2) is 17.3 Å². The molecule has 0 atom stereocenters. The van der Waals surface area contributed by atoms with Crippen LogP contribution in [0, 0.1) is 6.92 Å². The fourth-order valence-corrected chi connectivity index (χ4v) is 2.24. The summed E-state index contributed by atoms with van der Waals surface area (Å²) in [6, 6.07) is 14.1. The van der Waals surface area contributed by atoms with Gasteiger partial charge in [-0.25, -0.2) is 4.98 Å². The Balaban J connectivity index is 1.63. The summed E-state index contributed by atoms with van der Waals surface area (Å²) in [5.74, 6) is 1.97. The van der Waals surface area contributed by atoms with E-state index in [9.17, 15) is 0 Å². The fourth-order valence-electron chi connectivity index (χ4n) is 1.48. The van der Waals surface area contributed by atoms with Crippen LogP contribution in [-0.2, 0) is 0 Å². The maximum absolute atomic E-state index is 5.63. The molecule has 0 aliphatic carbocycles. The Hall–Kier alpha value is -1.48. The molecular formula is C15H17NOS. The molecule has 2 rings (SSSR count). The third kappa shape index (κ3) is 4.41. The van der Waals surface area contributed by atoms with Gasteiger partial charge in [0.05, 0.1) is 11.6 Å². The molecule has 3 heteroatoms. The standard InChI is InChI=1S/C15H17NOS/c1-13-8-9-15(16-12-13)18-11-5-10-17-14-6-3-2-4-7-14/h2-4,6-9,12H,5,10-11H2,1H3. The topological polar surface area (TPSA) is 22.1 Å². The van der Waals surface area contributed by atoms with Crippen molar-refractivity contribution >= 4 is 11.8 Å². The fraction of sp³-hybridized carbons (Fsp3) is 0.267. The lowest BCUT2D eigenvalue weighted by molar-refractivity contribution is 0.318. The molecule has 0 spiro atoms. The third-order valence-electron chi connectivity index (χ3n) is 2.43. The maximum atomic E-state index is 5.63. The number of para-hydroxylation sites is 1. The Kier molecular flexibility index (Phi) is 5.09. The molecule has 0 bridgehead atoms. The van der Waals surface area contributed by atoms with Crippen molar-refractivity contribution in [2.24, 2.45) is 0 Å². The summed E-state index contributed by atoms with van der Waals surface area (Å²) in [5.41, 5.74) is 1.20. The first-order chi connectivity index (χ1) is 8.84. The van der Waals surface area contributed by atoms with Gasteiger partial charge in [0.1, 0.15) is 5.75 Å². The second kappa shape index (κ2) is 7.07. The zero-order valence-electron chi connectivity index (χ0n) is 10.5. The molecule has 2 aromatic rings. The van der Waals surface area contributed by atoms with Crippen LogP contribution >= 0.6 is 11.8 Å². The minimum absolute atomic E-state index is 0.753. The minimum Gasteiger partial charge on any atom is -0.494 e. The van der Waals surface area contributed by atoms with Crippen LogP contribution in [0.4, 0.5) is 0 Å². The summed E-state index contributed by atoms with van der Waals surface area (Å²) >= 11 is 1.77. The number of benzene rings is 1. The lowest BCUT2D eigenvalue weighted by Gasteiger charge is -2.05. The lowest BCUT2D eigenvalue weighted by atomic mass is 10.3. The van der Waals surface area contributed by atoms with Gasteiger partial charge in [0.2, 0.25) is 0 Å². The van der Waals surface area contributed by atoms with Crippen LogP contribution in [0.1, 0.15) is 12.0 Å². The highest BCUT2D eigenvalue weighted by Crippen LogP contribution is 2.16. The molecule has 1 aromatic carbocycles. The van der Waals surface area contributed by atoms with Crippen molar-refractivity contribution in [3.63, 3.8) is 0 Å². The van der Waals surface area contributed by atoms with Gasteiger partial charge in [0.25, 0.3) is 0 Å². The van der Waals surface area contributed by atoms with Gasteiger partial charge >= 0.3 is 0 Å². The van der Waals surface area contributed by atoms with E-state index < -0.39 is 0 Å². The molecule has 0 fully saturated rings. The molecular weight excluding hydrogens is 242 g/mol. The van der Waals surface area contributed by atoms with E-state index in [4.69, 9.17) is 4.74 Å². The number of thioether (sulfide) groups is 1. The first kappa shape index (κ1) is 13.0. The number of pyridine rings is 1. The SMILES string of the molecule is Cc1ccc(SCCCOc2ccccc2)nc1. The van der Waals surface area contributed by atoms with Crippen molar-refractivity contribution in [2.75, 3.05) is 12.4 Å². The largest absolute Gasteiger partial charge is 0.494 e. The van der Waals surface area contributed by atoms with Crippen molar-refractivity contribution in [3.8, 4) is 5.75 Å². The average molecular weight is 259 g/mol. The number of hydrogen-bond acceptors (Lipinski definition) is 3. The summed E-state index contributed by atoms with van der Waals surface area (Å²) in [6.45, 7) is 2.80. The second-order valence-corrected chi connectivity index (χ2v) is 5.15. The van der Waals surface area contributed by atoms with Crippen molar-refractivity contribution in [3.05, 3.63) is 54.2 Å². The Labute approximate surface area is 112 Å². The Bertz CT molecular complexity index is 456. The molecule has 0 aliphatic heterocycles. The minimum atomic E-state index is 0.753. The Morgan fingerprint density at radius 3 is 2.67 bits per heavy atom. The first-order valence-corrected chi connectivity index (χ1v) is 7.06. The predicted octanol–water partition coefficient (Wildman–Crippen LogP) is 3.95. The molecule has 0 saturated heterocycles. The molecule has 1 heterocycles. The maximum Gasteiger partial charge on any atom is 0.119 e. The molecule has 1 aromatic heterocycles. The van der Waals surface area contributed by atoms with Crippen molar-refractivity contribution in [1.29, 1.82) is 0 Å². The first-order valence-electron chi connectivity index (χ1n) is 6.08. The summed E-state index contributed by atoms with van der Waals surface area (Å²) < 4.78 is 5.63. The van der Waals surface area contributed by atoms with Crippen LogP contribution in [0.3, 0.4) is 0 Å². The van der Waals surface area contributed by atoms with Crippen molar-refractivity contribution < 1.29 is 4.74 Å². The van der Waals surface area contributed by atoms with Gasteiger partial charge in [-0.1, -0.05) is 24.3 Å². The van der Waals surface area contributed by atoms with Gasteiger partial charge in [0, 0.05) is 11.9 Å². The Morgan fingerprint density at radius 1 is 1.11 bits per heavy atom. The van der Waals surface area contributed by atoms with Gasteiger partial charge in [-0.2, -0.15) is 0 Å². The van der Waals surface area contributed by atoms with Gasteiger partial charge in [0.15, 0.2) is 0 Å². The van der Waals surface area contributed by atoms with Crippen LogP contribution in [0.2, 0.25) is 0 Å². The summed E-state index contributed by atoms with van der Waals surface area (Å²) in [7, 11) is 0. The van der Waals surface area contributed by atoms with Crippen LogP contribution < -0.4 is 4.74 Å². The third-order valence-corrected chi connectivity index (χ3v) is 3.46. The molecule has 0 amide bonds. The number of rotatable bonds is 6. The average Bonchev–Trinajstić information content (AvgIpc) is 2.42. The highest BCUT2D eigenvalue weighted by Gasteiger charge is 1.96. The second-order valence-electron chi connectivity index (χ2n) is 4.04. The zero-order valence-corrected chi connectivity index (χ0v) is 11.3. The monoisotopic (exact) mass is 259 g/mol. The zero-order chi connectivity index (χ0) is 12.6. The van der Waals surface area contributed by atoms with Crippen molar-refractivity contribution in [1.82, 2.24) is 4.98 Å². The molecule has 0 radical (unpaired) electrons. The molecule has 0 aliphatic rings. The number of ether oxygens (including phenoxy) is 1. The van der Waals surface area contributed by atoms with E-state index in [2.05, 4.69) is 24.0 Å². The van der Waals surface area contributed by atoms with Gasteiger partial charge in [-0.05, 0) is 37.1 Å². The van der Waals surface area contributed by atoms with E-state index in [0.29, 0.717) is 0 Å². The molecule has 2 nitrogen and oxygen atoms in total. The number of nitrogens with zero attached hydrogens (tertiary/aromatic N) is 1. The van der Waals surface area contributed by atoms with Gasteiger partial charge in [-0.15, -0.1) is 11.8 Å². The smallest absolute Gasteiger partial charge is 0.119 e. The van der Waals surface area contributed by atoms with E-state index in [-0.39, 0.29) is 0 Å².